The Labute approximate surface area is 99.0 Å². The topological polar surface area (TPSA) is 25.8 Å². The highest BCUT2D eigenvalue weighted by Gasteiger charge is 2.17. The zero-order valence-electron chi connectivity index (χ0n) is 9.22. The molecule has 0 atom stereocenters. The van der Waals surface area contributed by atoms with Crippen molar-refractivity contribution in [2.45, 2.75) is 6.42 Å². The maximum absolute atomic E-state index is 4.44. The fourth-order valence-corrected chi connectivity index (χ4v) is 2.68. The van der Waals surface area contributed by atoms with Gasteiger partial charge in [-0.25, -0.2) is 0 Å². The largest absolute Gasteiger partial charge is 0.264 e. The normalized spacial score (nSPS) is 12.5. The molecule has 0 aliphatic heterocycles. The molecule has 0 saturated carbocycles. The van der Waals surface area contributed by atoms with E-state index in [4.69, 9.17) is 0 Å². The van der Waals surface area contributed by atoms with Gasteiger partial charge in [-0.1, -0.05) is 12.1 Å². The summed E-state index contributed by atoms with van der Waals surface area (Å²) in [6.07, 6.45) is 6.68. The van der Waals surface area contributed by atoms with Gasteiger partial charge in [0.15, 0.2) is 0 Å². The second-order valence-electron chi connectivity index (χ2n) is 4.38. The van der Waals surface area contributed by atoms with E-state index in [1.807, 2.05) is 18.6 Å². The Balaban J connectivity index is 2.22. The van der Waals surface area contributed by atoms with Crippen LogP contribution in [-0.2, 0) is 6.42 Å². The van der Waals surface area contributed by atoms with Crippen molar-refractivity contribution in [3.8, 4) is 11.1 Å². The molecule has 2 heterocycles. The van der Waals surface area contributed by atoms with Gasteiger partial charge >= 0.3 is 0 Å². The molecular formula is C15H10N2. The van der Waals surface area contributed by atoms with Crippen molar-refractivity contribution in [1.82, 2.24) is 9.97 Å². The monoisotopic (exact) mass is 218 g/mol. The number of nitrogens with zero attached hydrogens (tertiary/aromatic N) is 2. The molecule has 2 aromatic heterocycles. The van der Waals surface area contributed by atoms with Gasteiger partial charge in [-0.15, -0.1) is 0 Å². The summed E-state index contributed by atoms with van der Waals surface area (Å²) in [4.78, 5) is 8.66. The summed E-state index contributed by atoms with van der Waals surface area (Å²) < 4.78 is 0. The summed E-state index contributed by atoms with van der Waals surface area (Å²) >= 11 is 0. The molecule has 0 spiro atoms. The molecule has 3 aromatic rings. The number of pyridine rings is 2. The summed E-state index contributed by atoms with van der Waals surface area (Å²) in [6, 6.07) is 10.5. The minimum Gasteiger partial charge on any atom is -0.264 e. The van der Waals surface area contributed by atoms with E-state index in [0.29, 0.717) is 0 Å². The molecule has 1 aromatic carbocycles. The molecule has 0 unspecified atom stereocenters. The Morgan fingerprint density at radius 3 is 2.88 bits per heavy atom. The van der Waals surface area contributed by atoms with E-state index in [0.717, 1.165) is 11.9 Å². The predicted octanol–water partition coefficient (Wildman–Crippen LogP) is 3.20. The molecule has 4 rings (SSSR count). The molecule has 1 aliphatic carbocycles. The van der Waals surface area contributed by atoms with Crippen LogP contribution < -0.4 is 0 Å². The van der Waals surface area contributed by atoms with Crippen LogP contribution in [0.15, 0.2) is 48.9 Å². The van der Waals surface area contributed by atoms with Crippen LogP contribution in [0, 0.1) is 0 Å². The van der Waals surface area contributed by atoms with Crippen molar-refractivity contribution in [3.05, 3.63) is 60.0 Å². The van der Waals surface area contributed by atoms with E-state index in [1.54, 1.807) is 0 Å². The molecule has 1 aliphatic rings. The highest BCUT2D eigenvalue weighted by molar-refractivity contribution is 5.99. The number of benzene rings is 1. The van der Waals surface area contributed by atoms with Crippen LogP contribution >= 0.6 is 0 Å². The molecule has 0 radical (unpaired) electrons. The highest BCUT2D eigenvalue weighted by Crippen LogP contribution is 2.37. The molecule has 2 nitrogen and oxygen atoms in total. The van der Waals surface area contributed by atoms with E-state index in [1.165, 1.54) is 27.6 Å². The van der Waals surface area contributed by atoms with Crippen molar-refractivity contribution in [2.24, 2.45) is 0 Å². The molecule has 0 N–H and O–H groups in total. The molecule has 0 amide bonds. The zero-order valence-corrected chi connectivity index (χ0v) is 9.22. The lowest BCUT2D eigenvalue weighted by Crippen LogP contribution is -2.02. The van der Waals surface area contributed by atoms with E-state index in [-0.39, 0.29) is 0 Å². The minimum absolute atomic E-state index is 0.958. The Hall–Kier alpha value is -2.22. The highest BCUT2D eigenvalue weighted by atomic mass is 14.7. The SMILES string of the molecule is c1cc2c3c(ccnc3c1)Cc1cnccc1-2. The van der Waals surface area contributed by atoms with Gasteiger partial charge in [-0.2, -0.15) is 0 Å². The summed E-state index contributed by atoms with van der Waals surface area (Å²) in [7, 11) is 0. The molecular weight excluding hydrogens is 208 g/mol. The number of hydrogen-bond acceptors (Lipinski definition) is 2. The molecule has 80 valence electrons. The molecule has 2 heteroatoms. The van der Waals surface area contributed by atoms with E-state index < -0.39 is 0 Å². The second-order valence-corrected chi connectivity index (χ2v) is 4.38. The average molecular weight is 218 g/mol. The number of rotatable bonds is 0. The Morgan fingerprint density at radius 2 is 1.88 bits per heavy atom. The maximum Gasteiger partial charge on any atom is 0.0711 e. The number of aromatic nitrogens is 2. The standard InChI is InChI=1S/C15H10N2/c1-2-13-12-5-6-16-9-11(12)8-10-4-7-17-14(3-1)15(10)13/h1-7,9H,8H2. The van der Waals surface area contributed by atoms with Gasteiger partial charge in [0.2, 0.25) is 0 Å². The van der Waals surface area contributed by atoms with Crippen molar-refractivity contribution in [2.75, 3.05) is 0 Å². The lowest BCUT2D eigenvalue weighted by molar-refractivity contribution is 1.14. The van der Waals surface area contributed by atoms with Gasteiger partial charge in [0.05, 0.1) is 5.52 Å². The van der Waals surface area contributed by atoms with E-state index >= 15 is 0 Å². The quantitative estimate of drug-likeness (QED) is 0.453. The van der Waals surface area contributed by atoms with Crippen LogP contribution in [0.5, 0.6) is 0 Å². The van der Waals surface area contributed by atoms with Crippen LogP contribution in [0.25, 0.3) is 22.0 Å². The Bertz CT molecular complexity index is 727. The summed E-state index contributed by atoms with van der Waals surface area (Å²) in [6.45, 7) is 0. The number of fused-ring (bicyclic) bond motifs is 2. The Kier molecular flexibility index (Phi) is 1.64. The van der Waals surface area contributed by atoms with Gasteiger partial charge in [0, 0.05) is 30.4 Å². The smallest absolute Gasteiger partial charge is 0.0711 e. The molecule has 0 fully saturated rings. The first-order valence-corrected chi connectivity index (χ1v) is 5.73. The molecule has 0 saturated heterocycles. The zero-order chi connectivity index (χ0) is 11.2. The first kappa shape index (κ1) is 8.88. The van der Waals surface area contributed by atoms with Crippen molar-refractivity contribution < 1.29 is 0 Å². The fourth-order valence-electron chi connectivity index (χ4n) is 2.68. The van der Waals surface area contributed by atoms with E-state index in [2.05, 4.69) is 40.3 Å². The summed E-state index contributed by atoms with van der Waals surface area (Å²) in [5.41, 5.74) is 6.33. The maximum atomic E-state index is 4.44. The second kappa shape index (κ2) is 3.14. The van der Waals surface area contributed by atoms with Crippen molar-refractivity contribution in [1.29, 1.82) is 0 Å². The van der Waals surface area contributed by atoms with Crippen LogP contribution in [0.4, 0.5) is 0 Å². The van der Waals surface area contributed by atoms with Crippen LogP contribution in [-0.4, -0.2) is 9.97 Å². The average Bonchev–Trinajstić information content (AvgIpc) is 2.39. The Morgan fingerprint density at radius 1 is 0.882 bits per heavy atom. The van der Waals surface area contributed by atoms with Crippen molar-refractivity contribution >= 4 is 10.9 Å². The predicted molar refractivity (Wildman–Crippen MR) is 67.8 cm³/mol. The lowest BCUT2D eigenvalue weighted by atomic mass is 9.86. The summed E-state index contributed by atoms with van der Waals surface area (Å²) in [5.74, 6) is 0. The van der Waals surface area contributed by atoms with Crippen LogP contribution in [0.3, 0.4) is 0 Å². The minimum atomic E-state index is 0.958. The first-order chi connectivity index (χ1) is 8.43. The fraction of sp³-hybridized carbons (Fsp3) is 0.0667. The third kappa shape index (κ3) is 1.15. The van der Waals surface area contributed by atoms with Crippen LogP contribution in [0.2, 0.25) is 0 Å². The van der Waals surface area contributed by atoms with Crippen LogP contribution in [0.1, 0.15) is 11.1 Å². The third-order valence-electron chi connectivity index (χ3n) is 3.43. The van der Waals surface area contributed by atoms with Gasteiger partial charge in [-0.3, -0.25) is 9.97 Å². The summed E-state index contributed by atoms with van der Waals surface area (Å²) in [5, 5.41) is 1.30. The van der Waals surface area contributed by atoms with Gasteiger partial charge < -0.3 is 0 Å². The number of hydrogen-bond donors (Lipinski definition) is 0. The molecule has 17 heavy (non-hydrogen) atoms. The molecule has 0 bridgehead atoms. The lowest BCUT2D eigenvalue weighted by Gasteiger charge is -2.19. The first-order valence-electron chi connectivity index (χ1n) is 5.73. The van der Waals surface area contributed by atoms with Gasteiger partial charge in [-0.05, 0) is 40.5 Å². The van der Waals surface area contributed by atoms with E-state index in [9.17, 15) is 0 Å². The third-order valence-corrected chi connectivity index (χ3v) is 3.43. The van der Waals surface area contributed by atoms with Gasteiger partial charge in [0.1, 0.15) is 0 Å². The van der Waals surface area contributed by atoms with Gasteiger partial charge in [0.25, 0.3) is 0 Å². The van der Waals surface area contributed by atoms with Crippen molar-refractivity contribution in [3.63, 3.8) is 0 Å².